The van der Waals surface area contributed by atoms with Crippen molar-refractivity contribution in [3.05, 3.63) is 18.2 Å². The number of rotatable bonds is 5. The zero-order valence-corrected chi connectivity index (χ0v) is 15.2. The van der Waals surface area contributed by atoms with Gasteiger partial charge in [-0.2, -0.15) is 0 Å². The molecule has 2 fully saturated rings. The van der Waals surface area contributed by atoms with Gasteiger partial charge in [-0.05, 0) is 52.7 Å². The zero-order valence-electron chi connectivity index (χ0n) is 15.2. The lowest BCUT2D eigenvalue weighted by atomic mass is 9.97. The number of nitrogens with zero attached hydrogens (tertiary/aromatic N) is 5. The summed E-state index contributed by atoms with van der Waals surface area (Å²) in [7, 11) is 4.22. The van der Waals surface area contributed by atoms with Gasteiger partial charge in [-0.15, -0.1) is 0 Å². The highest BCUT2D eigenvalue weighted by Crippen LogP contribution is 2.27. The van der Waals surface area contributed by atoms with E-state index in [1.54, 1.807) is 0 Å². The lowest BCUT2D eigenvalue weighted by Gasteiger charge is -2.35. The van der Waals surface area contributed by atoms with Gasteiger partial charge < -0.3 is 19.3 Å². The van der Waals surface area contributed by atoms with Crippen molar-refractivity contribution in [1.82, 2.24) is 24.3 Å². The molecular formula is C18H31N5O. The highest BCUT2D eigenvalue weighted by Gasteiger charge is 2.30. The van der Waals surface area contributed by atoms with E-state index in [0.29, 0.717) is 5.92 Å². The van der Waals surface area contributed by atoms with Crippen LogP contribution in [0, 0.1) is 0 Å². The maximum absolute atomic E-state index is 12.7. The minimum atomic E-state index is 0.239. The summed E-state index contributed by atoms with van der Waals surface area (Å²) in [6.45, 7) is 5.66. The molecule has 1 atom stereocenters. The van der Waals surface area contributed by atoms with E-state index < -0.39 is 0 Å². The lowest BCUT2D eigenvalue weighted by Crippen LogP contribution is -2.46. The first-order chi connectivity index (χ1) is 11.6. The highest BCUT2D eigenvalue weighted by molar-refractivity contribution is 5.74. The van der Waals surface area contributed by atoms with Crippen LogP contribution in [0.4, 0.5) is 4.79 Å². The van der Waals surface area contributed by atoms with Crippen molar-refractivity contribution in [3.8, 4) is 0 Å². The Hall–Kier alpha value is -1.56. The normalized spacial score (nSPS) is 21.7. The van der Waals surface area contributed by atoms with Gasteiger partial charge in [-0.25, -0.2) is 9.78 Å². The Morgan fingerprint density at radius 3 is 2.71 bits per heavy atom. The molecule has 6 nitrogen and oxygen atoms in total. The van der Waals surface area contributed by atoms with Crippen LogP contribution >= 0.6 is 0 Å². The third kappa shape index (κ3) is 4.09. The maximum Gasteiger partial charge on any atom is 0.320 e. The molecular weight excluding hydrogens is 302 g/mol. The van der Waals surface area contributed by atoms with Gasteiger partial charge in [0.05, 0.1) is 0 Å². The Kier molecular flexibility index (Phi) is 5.76. The Morgan fingerprint density at radius 2 is 1.96 bits per heavy atom. The van der Waals surface area contributed by atoms with Gasteiger partial charge in [0.2, 0.25) is 0 Å². The quantitative estimate of drug-likeness (QED) is 0.830. The van der Waals surface area contributed by atoms with Crippen LogP contribution < -0.4 is 0 Å². The topological polar surface area (TPSA) is 44.6 Å². The van der Waals surface area contributed by atoms with Gasteiger partial charge in [0.1, 0.15) is 5.82 Å². The van der Waals surface area contributed by atoms with Crippen LogP contribution in [0.15, 0.2) is 12.4 Å². The van der Waals surface area contributed by atoms with Gasteiger partial charge in [0.25, 0.3) is 0 Å². The molecule has 2 saturated heterocycles. The number of piperidine rings is 1. The number of aryl methyl sites for hydroxylation is 1. The van der Waals surface area contributed by atoms with Crippen molar-refractivity contribution >= 4 is 6.03 Å². The zero-order chi connectivity index (χ0) is 16.9. The Bertz CT molecular complexity index is 535. The molecule has 0 bridgehead atoms. The first-order valence-corrected chi connectivity index (χ1v) is 9.35. The molecule has 134 valence electrons. The summed E-state index contributed by atoms with van der Waals surface area (Å²) in [5, 5.41) is 0. The van der Waals surface area contributed by atoms with Gasteiger partial charge >= 0.3 is 6.03 Å². The number of imidazole rings is 1. The van der Waals surface area contributed by atoms with Crippen LogP contribution in [0.5, 0.6) is 0 Å². The van der Waals surface area contributed by atoms with Crippen LogP contribution in [0.25, 0.3) is 0 Å². The Labute approximate surface area is 145 Å². The Morgan fingerprint density at radius 1 is 1.21 bits per heavy atom. The Balaban J connectivity index is 1.60. The summed E-state index contributed by atoms with van der Waals surface area (Å²) >= 11 is 0. The van der Waals surface area contributed by atoms with E-state index in [1.165, 1.54) is 0 Å². The first-order valence-electron chi connectivity index (χ1n) is 9.35. The summed E-state index contributed by atoms with van der Waals surface area (Å²) in [6, 6.07) is 0.239. The van der Waals surface area contributed by atoms with Crippen LogP contribution in [0.2, 0.25) is 0 Å². The van der Waals surface area contributed by atoms with E-state index in [0.717, 1.165) is 77.2 Å². The molecule has 0 aromatic carbocycles. The summed E-state index contributed by atoms with van der Waals surface area (Å²) in [5.41, 5.74) is 0. The number of urea groups is 1. The van der Waals surface area contributed by atoms with Crippen molar-refractivity contribution < 1.29 is 4.79 Å². The van der Waals surface area contributed by atoms with E-state index in [4.69, 9.17) is 0 Å². The number of likely N-dealkylation sites (tertiary alicyclic amines) is 2. The number of aromatic nitrogens is 2. The molecule has 0 unspecified atom stereocenters. The lowest BCUT2D eigenvalue weighted by molar-refractivity contribution is 0.145. The average Bonchev–Trinajstić information content (AvgIpc) is 3.26. The SMILES string of the molecule is CN(C)CCCn1ccnc1[C@@H]1CCCN(C(=O)N2CCCC2)C1. The fourth-order valence-corrected chi connectivity index (χ4v) is 3.90. The van der Waals surface area contributed by atoms with Crippen LogP contribution in [-0.2, 0) is 6.54 Å². The molecule has 0 radical (unpaired) electrons. The van der Waals surface area contributed by atoms with Gasteiger partial charge in [-0.3, -0.25) is 0 Å². The largest absolute Gasteiger partial charge is 0.335 e. The summed E-state index contributed by atoms with van der Waals surface area (Å²) in [5.74, 6) is 1.53. The third-order valence-corrected chi connectivity index (χ3v) is 5.19. The molecule has 2 aliphatic rings. The predicted molar refractivity (Wildman–Crippen MR) is 95.1 cm³/mol. The molecule has 0 N–H and O–H groups in total. The molecule has 3 rings (SSSR count). The molecule has 1 aromatic heterocycles. The predicted octanol–water partition coefficient (Wildman–Crippen LogP) is 2.23. The summed E-state index contributed by atoms with van der Waals surface area (Å²) < 4.78 is 2.29. The highest BCUT2D eigenvalue weighted by atomic mass is 16.2. The molecule has 6 heteroatoms. The number of hydrogen-bond donors (Lipinski definition) is 0. The second kappa shape index (κ2) is 8.01. The van der Waals surface area contributed by atoms with Crippen molar-refractivity contribution in [1.29, 1.82) is 0 Å². The van der Waals surface area contributed by atoms with E-state index in [2.05, 4.69) is 39.6 Å². The van der Waals surface area contributed by atoms with Crippen LogP contribution in [0.3, 0.4) is 0 Å². The van der Waals surface area contributed by atoms with E-state index in [-0.39, 0.29) is 6.03 Å². The monoisotopic (exact) mass is 333 g/mol. The molecule has 2 amide bonds. The minimum absolute atomic E-state index is 0.239. The van der Waals surface area contributed by atoms with Crippen molar-refractivity contribution in [2.45, 2.75) is 44.6 Å². The van der Waals surface area contributed by atoms with Crippen LogP contribution in [0.1, 0.15) is 43.8 Å². The number of amides is 2. The number of carbonyl (C=O) groups excluding carboxylic acids is 1. The fourth-order valence-electron chi connectivity index (χ4n) is 3.90. The fraction of sp³-hybridized carbons (Fsp3) is 0.778. The van der Waals surface area contributed by atoms with E-state index in [9.17, 15) is 4.79 Å². The second-order valence-corrected chi connectivity index (χ2v) is 7.40. The third-order valence-electron chi connectivity index (χ3n) is 5.19. The minimum Gasteiger partial charge on any atom is -0.335 e. The molecule has 0 saturated carbocycles. The average molecular weight is 333 g/mol. The molecule has 0 spiro atoms. The second-order valence-electron chi connectivity index (χ2n) is 7.40. The molecule has 24 heavy (non-hydrogen) atoms. The number of hydrogen-bond acceptors (Lipinski definition) is 3. The smallest absolute Gasteiger partial charge is 0.320 e. The van der Waals surface area contributed by atoms with E-state index in [1.807, 2.05) is 11.1 Å². The van der Waals surface area contributed by atoms with Crippen molar-refractivity contribution in [2.24, 2.45) is 0 Å². The molecule has 1 aromatic rings. The molecule has 2 aliphatic heterocycles. The van der Waals surface area contributed by atoms with Crippen molar-refractivity contribution in [3.63, 3.8) is 0 Å². The number of carbonyl (C=O) groups is 1. The van der Waals surface area contributed by atoms with Gasteiger partial charge in [0, 0.05) is 51.0 Å². The standard InChI is InChI=1S/C18H31N5O/c1-20(2)9-6-13-21-14-8-19-17(21)16-7-5-12-23(15-16)18(24)22-10-3-4-11-22/h8,14,16H,3-7,9-13,15H2,1-2H3/t16-/m1/s1. The molecule has 0 aliphatic carbocycles. The first kappa shape index (κ1) is 17.3. The summed E-state index contributed by atoms with van der Waals surface area (Å²) in [4.78, 5) is 23.6. The van der Waals surface area contributed by atoms with Crippen molar-refractivity contribution in [2.75, 3.05) is 46.8 Å². The molecule has 3 heterocycles. The van der Waals surface area contributed by atoms with E-state index >= 15 is 0 Å². The maximum atomic E-state index is 12.7. The van der Waals surface area contributed by atoms with Gasteiger partial charge in [-0.1, -0.05) is 0 Å². The van der Waals surface area contributed by atoms with Gasteiger partial charge in [0.15, 0.2) is 0 Å². The van der Waals surface area contributed by atoms with Crippen LogP contribution in [-0.4, -0.2) is 77.1 Å². The summed E-state index contributed by atoms with van der Waals surface area (Å²) in [6.07, 6.45) is 9.64.